The van der Waals surface area contributed by atoms with Crippen molar-refractivity contribution in [2.24, 2.45) is 0 Å². The zero-order valence-corrected chi connectivity index (χ0v) is 6.26. The second-order valence-corrected chi connectivity index (χ2v) is 1.85. The normalized spacial score (nSPS) is 13.3. The van der Waals surface area contributed by atoms with Gasteiger partial charge in [-0.15, -0.1) is 0 Å². The molecule has 0 amide bonds. The molecule has 0 aromatic heterocycles. The van der Waals surface area contributed by atoms with Gasteiger partial charge in [0.15, 0.2) is 0 Å². The van der Waals surface area contributed by atoms with Crippen LogP contribution in [0.2, 0.25) is 0 Å². The Morgan fingerprint density at radius 2 is 2.50 bits per heavy atom. The summed E-state index contributed by atoms with van der Waals surface area (Å²) in [7, 11) is 1.07. The SMILES string of the molecule is [2H]c1c([2H])c(C#N)c([2H])c(C(=O)OC)c1[2H]. The molecule has 1 aromatic carbocycles. The summed E-state index contributed by atoms with van der Waals surface area (Å²) >= 11 is 0. The lowest BCUT2D eigenvalue weighted by Crippen LogP contribution is -2.00. The predicted octanol–water partition coefficient (Wildman–Crippen LogP) is 1.34. The van der Waals surface area contributed by atoms with Crippen LogP contribution in [0.15, 0.2) is 24.2 Å². The first-order valence-electron chi connectivity index (χ1n) is 5.04. The van der Waals surface area contributed by atoms with Gasteiger partial charge in [0, 0.05) is 0 Å². The van der Waals surface area contributed by atoms with Crippen LogP contribution in [0.3, 0.4) is 0 Å². The van der Waals surface area contributed by atoms with Gasteiger partial charge in [-0.2, -0.15) is 5.26 Å². The van der Waals surface area contributed by atoms with Gasteiger partial charge in [-0.25, -0.2) is 4.79 Å². The lowest BCUT2D eigenvalue weighted by atomic mass is 10.1. The third-order valence-corrected chi connectivity index (χ3v) is 1.13. The summed E-state index contributed by atoms with van der Waals surface area (Å²) in [5.74, 6) is -0.958. The zero-order chi connectivity index (χ0) is 12.5. The van der Waals surface area contributed by atoms with Crippen LogP contribution in [0, 0.1) is 11.3 Å². The quantitative estimate of drug-likeness (QED) is 0.590. The molecule has 0 saturated heterocycles. The second-order valence-electron chi connectivity index (χ2n) is 1.85. The molecule has 0 radical (unpaired) electrons. The number of nitriles is 1. The minimum Gasteiger partial charge on any atom is -0.465 e. The van der Waals surface area contributed by atoms with Crippen LogP contribution < -0.4 is 0 Å². The zero-order valence-electron chi connectivity index (χ0n) is 10.3. The molecule has 0 bridgehead atoms. The molecule has 1 aromatic rings. The number of carbonyl (C=O) groups is 1. The molecule has 1 rings (SSSR count). The molecule has 0 aliphatic heterocycles. The highest BCUT2D eigenvalue weighted by atomic mass is 16.5. The molecule has 0 spiro atoms. The number of benzene rings is 1. The third kappa shape index (κ3) is 1.61. The summed E-state index contributed by atoms with van der Waals surface area (Å²) < 4.78 is 34.1. The summed E-state index contributed by atoms with van der Waals surface area (Å²) in [6.07, 6.45) is 0. The van der Waals surface area contributed by atoms with Gasteiger partial charge in [0.25, 0.3) is 0 Å². The van der Waals surface area contributed by atoms with E-state index in [0.29, 0.717) is 0 Å². The van der Waals surface area contributed by atoms with Gasteiger partial charge in [0.1, 0.15) is 0 Å². The van der Waals surface area contributed by atoms with Crippen molar-refractivity contribution in [1.29, 1.82) is 5.26 Å². The van der Waals surface area contributed by atoms with Crippen LogP contribution in [0.1, 0.15) is 21.4 Å². The molecule has 0 aliphatic rings. The summed E-state index contributed by atoms with van der Waals surface area (Å²) in [6, 6.07) is -0.630. The van der Waals surface area contributed by atoms with Gasteiger partial charge >= 0.3 is 5.97 Å². The van der Waals surface area contributed by atoms with Gasteiger partial charge in [-0.3, -0.25) is 0 Å². The van der Waals surface area contributed by atoms with Gasteiger partial charge in [-0.1, -0.05) is 6.04 Å². The first-order valence-corrected chi connectivity index (χ1v) is 3.04. The molecule has 0 fully saturated rings. The Balaban J connectivity index is 3.70. The molecule has 0 aliphatic carbocycles. The lowest BCUT2D eigenvalue weighted by Gasteiger charge is -1.97. The van der Waals surface area contributed by atoms with Crippen molar-refractivity contribution in [2.75, 3.05) is 7.11 Å². The van der Waals surface area contributed by atoms with Gasteiger partial charge < -0.3 is 4.74 Å². The Kier molecular flexibility index (Phi) is 1.26. The van der Waals surface area contributed by atoms with E-state index in [-0.39, 0.29) is 0 Å². The molecule has 0 heterocycles. The first kappa shape index (κ1) is 4.27. The number of hydrogen-bond donors (Lipinski definition) is 0. The topological polar surface area (TPSA) is 50.1 Å². The number of ether oxygens (including phenoxy) is 1. The summed E-state index contributed by atoms with van der Waals surface area (Å²) in [4.78, 5) is 11.3. The van der Waals surface area contributed by atoms with Crippen LogP contribution in [0.4, 0.5) is 0 Å². The average Bonchev–Trinajstić information content (AvgIpc) is 2.27. The van der Waals surface area contributed by atoms with E-state index in [1.165, 1.54) is 0 Å². The fraction of sp³-hybridized carbons (Fsp3) is 0.111. The third-order valence-electron chi connectivity index (χ3n) is 1.13. The summed E-state index contributed by atoms with van der Waals surface area (Å²) in [5.41, 5.74) is -0.860. The smallest absolute Gasteiger partial charge is 0.337 e. The molecule has 3 nitrogen and oxygen atoms in total. The largest absolute Gasteiger partial charge is 0.465 e. The lowest BCUT2D eigenvalue weighted by molar-refractivity contribution is 0.0600. The minimum absolute atomic E-state index is 0.401. The monoisotopic (exact) mass is 165 g/mol. The van der Waals surface area contributed by atoms with Crippen LogP contribution >= 0.6 is 0 Å². The van der Waals surface area contributed by atoms with E-state index in [1.54, 1.807) is 6.07 Å². The highest BCUT2D eigenvalue weighted by Gasteiger charge is 2.04. The highest BCUT2D eigenvalue weighted by Crippen LogP contribution is 2.04. The molecule has 0 N–H and O–H groups in total. The van der Waals surface area contributed by atoms with Gasteiger partial charge in [0.2, 0.25) is 0 Å². The van der Waals surface area contributed by atoms with Crippen molar-refractivity contribution in [3.05, 3.63) is 35.3 Å². The Morgan fingerprint density at radius 3 is 3.08 bits per heavy atom. The van der Waals surface area contributed by atoms with Gasteiger partial charge in [-0.05, 0) is 18.1 Å². The van der Waals surface area contributed by atoms with E-state index in [1.807, 2.05) is 0 Å². The molecule has 0 saturated carbocycles. The number of carbonyl (C=O) groups excluding carboxylic acids is 1. The van der Waals surface area contributed by atoms with E-state index in [2.05, 4.69) is 4.74 Å². The molecule has 0 atom stereocenters. The minimum atomic E-state index is -0.958. The van der Waals surface area contributed by atoms with Crippen LogP contribution in [-0.4, -0.2) is 13.1 Å². The van der Waals surface area contributed by atoms with E-state index in [4.69, 9.17) is 10.7 Å². The summed E-state index contributed by atoms with van der Waals surface area (Å²) in [5, 5.41) is 8.71. The highest BCUT2D eigenvalue weighted by molar-refractivity contribution is 5.89. The number of esters is 1. The molecule has 60 valence electrons. The number of hydrogen-bond acceptors (Lipinski definition) is 3. The Hall–Kier alpha value is -1.82. The van der Waals surface area contributed by atoms with Crippen molar-refractivity contribution in [1.82, 2.24) is 0 Å². The van der Waals surface area contributed by atoms with Crippen molar-refractivity contribution in [2.45, 2.75) is 0 Å². The Bertz CT molecular complexity index is 507. The number of nitrogens with zero attached hydrogens (tertiary/aromatic N) is 1. The van der Waals surface area contributed by atoms with Crippen LogP contribution in [0.25, 0.3) is 0 Å². The molecular weight excluding hydrogens is 154 g/mol. The molecule has 0 unspecified atom stereocenters. The van der Waals surface area contributed by atoms with E-state index in [0.717, 1.165) is 7.11 Å². The average molecular weight is 165 g/mol. The number of methoxy groups -OCH3 is 1. The maximum atomic E-state index is 11.3. The fourth-order valence-electron chi connectivity index (χ4n) is 0.604. The van der Waals surface area contributed by atoms with E-state index < -0.39 is 41.3 Å². The van der Waals surface area contributed by atoms with E-state index >= 15 is 0 Å². The van der Waals surface area contributed by atoms with Crippen LogP contribution in [0.5, 0.6) is 0 Å². The van der Waals surface area contributed by atoms with Gasteiger partial charge in [0.05, 0.1) is 29.8 Å². The van der Waals surface area contributed by atoms with Crippen LogP contribution in [-0.2, 0) is 4.74 Å². The first-order chi connectivity index (χ1) is 7.45. The van der Waals surface area contributed by atoms with E-state index in [9.17, 15) is 4.79 Å². The molecule has 12 heavy (non-hydrogen) atoms. The Morgan fingerprint density at radius 1 is 1.75 bits per heavy atom. The molecular formula is C9H7NO2. The summed E-state index contributed by atoms with van der Waals surface area (Å²) in [6.45, 7) is 0. The van der Waals surface area contributed by atoms with Crippen molar-refractivity contribution < 1.29 is 15.0 Å². The number of rotatable bonds is 1. The fourth-order valence-corrected chi connectivity index (χ4v) is 0.604. The maximum absolute atomic E-state index is 11.3. The Labute approximate surface area is 75.8 Å². The van der Waals surface area contributed by atoms with Crippen molar-refractivity contribution in [3.8, 4) is 6.07 Å². The predicted molar refractivity (Wildman–Crippen MR) is 42.5 cm³/mol. The maximum Gasteiger partial charge on any atom is 0.337 e. The standard InChI is InChI=1S/C9H7NO2/c1-12-9(11)8-4-2-3-7(5-8)6-10/h2-5H,1H3/i2D,3D,4D,5D. The van der Waals surface area contributed by atoms with Crippen molar-refractivity contribution >= 4 is 5.97 Å². The van der Waals surface area contributed by atoms with Crippen molar-refractivity contribution in [3.63, 3.8) is 0 Å². The second kappa shape index (κ2) is 3.54. The molecule has 3 heteroatoms.